The highest BCUT2D eigenvalue weighted by Gasteiger charge is 2.18. The molecule has 27 heavy (non-hydrogen) atoms. The van der Waals surface area contributed by atoms with E-state index in [-0.39, 0.29) is 16.4 Å². The maximum absolute atomic E-state index is 12.1. The van der Waals surface area contributed by atoms with Gasteiger partial charge in [0.15, 0.2) is 6.10 Å². The zero-order valence-electron chi connectivity index (χ0n) is 14.6. The molecular weight excluding hydrogens is 372 g/mol. The molecule has 0 heterocycles. The maximum Gasteiger partial charge on any atom is 0.331 e. The molecule has 7 nitrogen and oxygen atoms in total. The molecule has 8 heteroatoms. The summed E-state index contributed by atoms with van der Waals surface area (Å²) in [5, 5.41) is 13.2. The Bertz CT molecular complexity index is 893. The Balaban J connectivity index is 1.94. The van der Waals surface area contributed by atoms with Crippen molar-refractivity contribution in [3.05, 3.63) is 74.8 Å². The van der Waals surface area contributed by atoms with Crippen LogP contribution in [-0.4, -0.2) is 22.9 Å². The van der Waals surface area contributed by atoms with Gasteiger partial charge in [-0.2, -0.15) is 0 Å². The van der Waals surface area contributed by atoms with Crippen molar-refractivity contribution in [2.24, 2.45) is 0 Å². The molecule has 0 aliphatic heterocycles. The maximum atomic E-state index is 12.1. The molecule has 2 aromatic carbocycles. The van der Waals surface area contributed by atoms with Crippen molar-refractivity contribution in [3.8, 4) is 0 Å². The molecule has 0 fully saturated rings. The van der Waals surface area contributed by atoms with Crippen molar-refractivity contribution in [3.63, 3.8) is 0 Å². The lowest BCUT2D eigenvalue weighted by Gasteiger charge is -2.13. The predicted molar refractivity (Wildman–Crippen MR) is 103 cm³/mol. The largest absolute Gasteiger partial charge is 0.449 e. The number of esters is 1. The molecular formula is C19H17ClN2O5. The van der Waals surface area contributed by atoms with Gasteiger partial charge in [0.2, 0.25) is 0 Å². The number of amides is 1. The van der Waals surface area contributed by atoms with Gasteiger partial charge in [0.1, 0.15) is 0 Å². The van der Waals surface area contributed by atoms with Crippen molar-refractivity contribution < 1.29 is 19.2 Å². The van der Waals surface area contributed by atoms with E-state index in [9.17, 15) is 19.7 Å². The topological polar surface area (TPSA) is 98.5 Å². The highest BCUT2D eigenvalue weighted by Crippen LogP contribution is 2.26. The molecule has 2 aromatic rings. The van der Waals surface area contributed by atoms with Gasteiger partial charge in [0.25, 0.3) is 11.6 Å². The number of nitro benzene ring substituents is 1. The van der Waals surface area contributed by atoms with Crippen molar-refractivity contribution in [1.29, 1.82) is 0 Å². The van der Waals surface area contributed by atoms with Gasteiger partial charge in [-0.15, -0.1) is 0 Å². The van der Waals surface area contributed by atoms with Crippen LogP contribution >= 0.6 is 11.6 Å². The Morgan fingerprint density at radius 1 is 1.22 bits per heavy atom. The molecule has 1 amide bonds. The van der Waals surface area contributed by atoms with Gasteiger partial charge in [0, 0.05) is 18.2 Å². The Morgan fingerprint density at radius 2 is 1.89 bits per heavy atom. The summed E-state index contributed by atoms with van der Waals surface area (Å²) in [6, 6.07) is 11.2. The molecule has 0 bridgehead atoms. The van der Waals surface area contributed by atoms with Crippen molar-refractivity contribution in [2.45, 2.75) is 20.0 Å². The zero-order valence-corrected chi connectivity index (χ0v) is 15.4. The van der Waals surface area contributed by atoms with Crippen LogP contribution in [0.5, 0.6) is 0 Å². The highest BCUT2D eigenvalue weighted by molar-refractivity contribution is 6.34. The minimum atomic E-state index is -1.08. The first kappa shape index (κ1) is 20.1. The summed E-state index contributed by atoms with van der Waals surface area (Å²) in [5.74, 6) is -1.28. The summed E-state index contributed by atoms with van der Waals surface area (Å²) < 4.78 is 5.04. The number of nitrogens with zero attached hydrogens (tertiary/aromatic N) is 1. The van der Waals surface area contributed by atoms with Crippen LogP contribution in [0.1, 0.15) is 18.1 Å². The summed E-state index contributed by atoms with van der Waals surface area (Å²) in [4.78, 5) is 34.1. The fourth-order valence-electron chi connectivity index (χ4n) is 2.06. The number of rotatable bonds is 6. The van der Waals surface area contributed by atoms with E-state index in [0.29, 0.717) is 0 Å². The molecule has 0 saturated carbocycles. The van der Waals surface area contributed by atoms with Crippen LogP contribution in [0, 0.1) is 17.0 Å². The third-order valence-corrected chi connectivity index (χ3v) is 3.89. The van der Waals surface area contributed by atoms with E-state index in [1.807, 2.05) is 31.2 Å². The zero-order chi connectivity index (χ0) is 20.0. The molecule has 0 spiro atoms. The summed E-state index contributed by atoms with van der Waals surface area (Å²) in [6.07, 6.45) is 1.74. The lowest BCUT2D eigenvalue weighted by Crippen LogP contribution is -2.29. The van der Waals surface area contributed by atoms with Gasteiger partial charge < -0.3 is 10.1 Å². The quantitative estimate of drug-likeness (QED) is 0.347. The number of benzene rings is 2. The molecule has 0 aliphatic carbocycles. The fourth-order valence-corrected chi connectivity index (χ4v) is 2.28. The van der Waals surface area contributed by atoms with Crippen LogP contribution in [-0.2, 0) is 14.3 Å². The lowest BCUT2D eigenvalue weighted by atomic mass is 10.1. The predicted octanol–water partition coefficient (Wildman–Crippen LogP) is 4.14. The molecule has 1 N–H and O–H groups in total. The van der Waals surface area contributed by atoms with E-state index in [0.717, 1.165) is 17.2 Å². The van der Waals surface area contributed by atoms with Gasteiger partial charge >= 0.3 is 5.97 Å². The van der Waals surface area contributed by atoms with Gasteiger partial charge in [0.05, 0.1) is 15.6 Å². The van der Waals surface area contributed by atoms with Crippen LogP contribution in [0.4, 0.5) is 11.4 Å². The first-order chi connectivity index (χ1) is 12.8. The Labute approximate surface area is 160 Å². The summed E-state index contributed by atoms with van der Waals surface area (Å²) in [5.41, 5.74) is 1.92. The molecule has 1 unspecified atom stereocenters. The second-order valence-electron chi connectivity index (χ2n) is 5.73. The summed E-state index contributed by atoms with van der Waals surface area (Å²) in [7, 11) is 0. The van der Waals surface area contributed by atoms with E-state index < -0.39 is 22.9 Å². The molecule has 1 atom stereocenters. The fraction of sp³-hybridized carbons (Fsp3) is 0.158. The van der Waals surface area contributed by atoms with E-state index in [4.69, 9.17) is 16.3 Å². The summed E-state index contributed by atoms with van der Waals surface area (Å²) in [6.45, 7) is 3.37. The number of carbonyl (C=O) groups excluding carboxylic acids is 2. The Kier molecular flexibility index (Phi) is 6.67. The number of ether oxygens (including phenoxy) is 1. The standard InChI is InChI=1S/C19H17ClN2O5/c1-12-3-5-14(6-4-12)7-10-18(23)27-13(2)19(24)21-17-9-8-15(22(25)26)11-16(17)20/h3-11,13H,1-2H3,(H,21,24)/b10-7+. The number of halogens is 1. The van der Waals surface area contributed by atoms with Gasteiger partial charge in [-0.1, -0.05) is 41.4 Å². The van der Waals surface area contributed by atoms with E-state index in [2.05, 4.69) is 5.32 Å². The average Bonchev–Trinajstić information content (AvgIpc) is 2.62. The third kappa shape index (κ3) is 5.93. The van der Waals surface area contributed by atoms with Crippen LogP contribution in [0.15, 0.2) is 48.5 Å². The first-order valence-electron chi connectivity index (χ1n) is 7.96. The molecule has 140 valence electrons. The minimum Gasteiger partial charge on any atom is -0.449 e. The van der Waals surface area contributed by atoms with Crippen molar-refractivity contribution in [2.75, 3.05) is 5.32 Å². The Morgan fingerprint density at radius 3 is 2.48 bits per heavy atom. The summed E-state index contributed by atoms with van der Waals surface area (Å²) >= 11 is 5.92. The van der Waals surface area contributed by atoms with Crippen LogP contribution in [0.25, 0.3) is 6.08 Å². The smallest absolute Gasteiger partial charge is 0.331 e. The minimum absolute atomic E-state index is 0.00958. The molecule has 0 saturated heterocycles. The number of anilines is 1. The van der Waals surface area contributed by atoms with E-state index in [1.54, 1.807) is 6.08 Å². The van der Waals surface area contributed by atoms with E-state index in [1.165, 1.54) is 25.1 Å². The third-order valence-electron chi connectivity index (χ3n) is 3.57. The number of carbonyl (C=O) groups is 2. The van der Waals surface area contributed by atoms with Crippen LogP contribution in [0.3, 0.4) is 0 Å². The number of hydrogen-bond donors (Lipinski definition) is 1. The normalized spacial score (nSPS) is 11.8. The average molecular weight is 389 g/mol. The number of nitro groups is 1. The highest BCUT2D eigenvalue weighted by atomic mass is 35.5. The van der Waals surface area contributed by atoms with Crippen LogP contribution < -0.4 is 5.32 Å². The molecule has 2 rings (SSSR count). The number of non-ortho nitro benzene ring substituents is 1. The Hall–Kier alpha value is -3.19. The van der Waals surface area contributed by atoms with Crippen molar-refractivity contribution in [1.82, 2.24) is 0 Å². The number of hydrogen-bond acceptors (Lipinski definition) is 5. The molecule has 0 aromatic heterocycles. The SMILES string of the molecule is Cc1ccc(/C=C/C(=O)OC(C)C(=O)Nc2ccc([N+](=O)[O-])cc2Cl)cc1. The van der Waals surface area contributed by atoms with Gasteiger partial charge in [-0.05, 0) is 31.6 Å². The van der Waals surface area contributed by atoms with Gasteiger partial charge in [-0.3, -0.25) is 14.9 Å². The van der Waals surface area contributed by atoms with Gasteiger partial charge in [-0.25, -0.2) is 4.79 Å². The lowest BCUT2D eigenvalue weighted by molar-refractivity contribution is -0.384. The molecule has 0 radical (unpaired) electrons. The van der Waals surface area contributed by atoms with E-state index >= 15 is 0 Å². The number of nitrogens with one attached hydrogen (secondary N) is 1. The number of aryl methyl sites for hydroxylation is 1. The van der Waals surface area contributed by atoms with Crippen LogP contribution in [0.2, 0.25) is 5.02 Å². The second-order valence-corrected chi connectivity index (χ2v) is 6.14. The first-order valence-corrected chi connectivity index (χ1v) is 8.34. The molecule has 0 aliphatic rings. The van der Waals surface area contributed by atoms with Crippen molar-refractivity contribution >= 4 is 40.9 Å². The monoisotopic (exact) mass is 388 g/mol. The second kappa shape index (κ2) is 8.95.